The zero-order chi connectivity index (χ0) is 19.8. The molecule has 0 radical (unpaired) electrons. The molecular weight excluding hydrogens is 361 g/mol. The Labute approximate surface area is 153 Å². The fourth-order valence-corrected chi connectivity index (χ4v) is 2.94. The Bertz CT molecular complexity index is 1030. The zero-order valence-electron chi connectivity index (χ0n) is 14.9. The quantitative estimate of drug-likeness (QED) is 0.637. The predicted molar refractivity (Wildman–Crippen MR) is 95.4 cm³/mol. The van der Waals surface area contributed by atoms with Gasteiger partial charge in [-0.15, -0.1) is 0 Å². The van der Waals surface area contributed by atoms with Crippen LogP contribution in [0, 0.1) is 0 Å². The molecule has 1 aromatic heterocycles. The third-order valence-corrected chi connectivity index (χ3v) is 4.31. The molecule has 2 aromatic carbocycles. The van der Waals surface area contributed by atoms with Crippen molar-refractivity contribution in [2.45, 2.75) is 19.5 Å². The molecule has 0 atom stereocenters. The number of halogens is 3. The lowest BCUT2D eigenvalue weighted by Crippen LogP contribution is -2.12. The second kappa shape index (κ2) is 6.98. The average Bonchev–Trinajstić information content (AvgIpc) is 2.66. The lowest BCUT2D eigenvalue weighted by molar-refractivity contribution is -0.137. The van der Waals surface area contributed by atoms with E-state index in [1.54, 1.807) is 19.1 Å². The molecule has 0 bridgehead atoms. The molecule has 27 heavy (non-hydrogen) atoms. The van der Waals surface area contributed by atoms with Crippen LogP contribution in [0.3, 0.4) is 0 Å². The SMILES string of the molecule is CCc1c(-c2ccc(C(F)(F)F)cc2)oc2cc(OC)cc(OC)c2c1=O. The maximum Gasteiger partial charge on any atom is 0.416 e. The largest absolute Gasteiger partial charge is 0.496 e. The topological polar surface area (TPSA) is 48.7 Å². The van der Waals surface area contributed by atoms with Crippen molar-refractivity contribution >= 4 is 11.0 Å². The Balaban J connectivity index is 2.28. The minimum atomic E-state index is -4.43. The lowest BCUT2D eigenvalue weighted by Gasteiger charge is -2.13. The molecule has 142 valence electrons. The summed E-state index contributed by atoms with van der Waals surface area (Å²) in [5, 5.41) is 0.269. The number of ether oxygens (including phenoxy) is 2. The summed E-state index contributed by atoms with van der Waals surface area (Å²) >= 11 is 0. The first-order chi connectivity index (χ1) is 12.8. The molecule has 7 heteroatoms. The Hall–Kier alpha value is -2.96. The van der Waals surface area contributed by atoms with Crippen molar-refractivity contribution in [1.29, 1.82) is 0 Å². The van der Waals surface area contributed by atoms with Crippen molar-refractivity contribution in [3.05, 3.63) is 57.7 Å². The summed E-state index contributed by atoms with van der Waals surface area (Å²) in [6, 6.07) is 7.64. The second-order valence-electron chi connectivity index (χ2n) is 5.87. The number of benzene rings is 2. The van der Waals surface area contributed by atoms with E-state index in [0.29, 0.717) is 29.0 Å². The van der Waals surface area contributed by atoms with E-state index >= 15 is 0 Å². The molecule has 0 aliphatic carbocycles. The summed E-state index contributed by atoms with van der Waals surface area (Å²) in [6.45, 7) is 1.78. The van der Waals surface area contributed by atoms with Crippen LogP contribution >= 0.6 is 0 Å². The van der Waals surface area contributed by atoms with Gasteiger partial charge in [-0.05, 0) is 18.6 Å². The molecule has 1 heterocycles. The van der Waals surface area contributed by atoms with Gasteiger partial charge in [-0.1, -0.05) is 19.1 Å². The van der Waals surface area contributed by atoms with Crippen LogP contribution in [0.15, 0.2) is 45.6 Å². The van der Waals surface area contributed by atoms with Crippen LogP contribution in [0.4, 0.5) is 13.2 Å². The smallest absolute Gasteiger partial charge is 0.416 e. The number of rotatable bonds is 4. The van der Waals surface area contributed by atoms with Gasteiger partial charge >= 0.3 is 6.18 Å². The van der Waals surface area contributed by atoms with Gasteiger partial charge in [0.15, 0.2) is 5.43 Å². The third kappa shape index (κ3) is 3.37. The van der Waals surface area contributed by atoms with Gasteiger partial charge in [-0.3, -0.25) is 4.79 Å². The minimum absolute atomic E-state index is 0.235. The van der Waals surface area contributed by atoms with Crippen LogP contribution in [0.1, 0.15) is 18.1 Å². The molecule has 3 aromatic rings. The van der Waals surface area contributed by atoms with Crippen molar-refractivity contribution in [2.24, 2.45) is 0 Å². The molecule has 0 saturated carbocycles. The van der Waals surface area contributed by atoms with Crippen LogP contribution in [-0.2, 0) is 12.6 Å². The maximum absolute atomic E-state index is 13.0. The van der Waals surface area contributed by atoms with E-state index in [9.17, 15) is 18.0 Å². The first-order valence-corrected chi connectivity index (χ1v) is 8.19. The van der Waals surface area contributed by atoms with Gasteiger partial charge in [0.25, 0.3) is 0 Å². The van der Waals surface area contributed by atoms with E-state index in [1.165, 1.54) is 26.4 Å². The Morgan fingerprint density at radius 3 is 2.22 bits per heavy atom. The van der Waals surface area contributed by atoms with Gasteiger partial charge in [-0.2, -0.15) is 13.2 Å². The molecular formula is C20H17F3O4. The van der Waals surface area contributed by atoms with E-state index in [0.717, 1.165) is 12.1 Å². The average molecular weight is 378 g/mol. The number of hydrogen-bond donors (Lipinski definition) is 0. The number of fused-ring (bicyclic) bond motifs is 1. The first-order valence-electron chi connectivity index (χ1n) is 8.19. The van der Waals surface area contributed by atoms with Crippen LogP contribution in [0.2, 0.25) is 0 Å². The van der Waals surface area contributed by atoms with Crippen molar-refractivity contribution in [1.82, 2.24) is 0 Å². The summed E-state index contributed by atoms with van der Waals surface area (Å²) in [6.07, 6.45) is -4.08. The molecule has 4 nitrogen and oxygen atoms in total. The summed E-state index contributed by atoms with van der Waals surface area (Å²) in [7, 11) is 2.90. The highest BCUT2D eigenvalue weighted by atomic mass is 19.4. The van der Waals surface area contributed by atoms with Crippen LogP contribution in [0.25, 0.3) is 22.3 Å². The Morgan fingerprint density at radius 1 is 1.04 bits per heavy atom. The van der Waals surface area contributed by atoms with E-state index < -0.39 is 11.7 Å². The standard InChI is InChI=1S/C20H17F3O4/c1-4-14-18(24)17-15(26-3)9-13(25-2)10-16(17)27-19(14)11-5-7-12(8-6-11)20(21,22)23/h5-10H,4H2,1-3H3. The fraction of sp³-hybridized carbons (Fsp3) is 0.250. The number of methoxy groups -OCH3 is 2. The summed E-state index contributed by atoms with van der Waals surface area (Å²) in [5.74, 6) is 0.982. The Morgan fingerprint density at radius 2 is 1.70 bits per heavy atom. The van der Waals surface area contributed by atoms with Crippen molar-refractivity contribution in [3.63, 3.8) is 0 Å². The molecule has 0 saturated heterocycles. The molecule has 0 amide bonds. The van der Waals surface area contributed by atoms with Gasteiger partial charge < -0.3 is 13.9 Å². The fourth-order valence-electron chi connectivity index (χ4n) is 2.94. The summed E-state index contributed by atoms with van der Waals surface area (Å²) in [4.78, 5) is 13.0. The second-order valence-corrected chi connectivity index (χ2v) is 5.87. The molecule has 0 aliphatic rings. The van der Waals surface area contributed by atoms with Gasteiger partial charge in [0.1, 0.15) is 28.2 Å². The number of hydrogen-bond acceptors (Lipinski definition) is 4. The van der Waals surface area contributed by atoms with Crippen LogP contribution in [-0.4, -0.2) is 14.2 Å². The summed E-state index contributed by atoms with van der Waals surface area (Å²) < 4.78 is 54.8. The molecule has 0 unspecified atom stereocenters. The van der Waals surface area contributed by atoms with Crippen LogP contribution in [0.5, 0.6) is 11.5 Å². The Kier molecular flexibility index (Phi) is 4.87. The predicted octanol–water partition coefficient (Wildman–Crippen LogP) is 5.06. The van der Waals surface area contributed by atoms with Gasteiger partial charge in [-0.25, -0.2) is 0 Å². The van der Waals surface area contributed by atoms with Gasteiger partial charge in [0.2, 0.25) is 0 Å². The molecule has 0 spiro atoms. The zero-order valence-corrected chi connectivity index (χ0v) is 14.9. The highest BCUT2D eigenvalue weighted by molar-refractivity contribution is 5.87. The van der Waals surface area contributed by atoms with E-state index in [1.807, 2.05) is 0 Å². The molecule has 0 N–H and O–H groups in total. The van der Waals surface area contributed by atoms with Crippen molar-refractivity contribution in [3.8, 4) is 22.8 Å². The highest BCUT2D eigenvalue weighted by Crippen LogP contribution is 2.35. The maximum atomic E-state index is 13.0. The third-order valence-electron chi connectivity index (χ3n) is 4.31. The minimum Gasteiger partial charge on any atom is -0.496 e. The normalized spacial score (nSPS) is 11.6. The van der Waals surface area contributed by atoms with E-state index in [4.69, 9.17) is 13.9 Å². The van der Waals surface area contributed by atoms with E-state index in [2.05, 4.69) is 0 Å². The summed E-state index contributed by atoms with van der Waals surface area (Å²) in [5.41, 5.74) is -0.0569. The van der Waals surface area contributed by atoms with Crippen molar-refractivity contribution in [2.75, 3.05) is 14.2 Å². The van der Waals surface area contributed by atoms with Crippen LogP contribution < -0.4 is 14.9 Å². The van der Waals surface area contributed by atoms with Gasteiger partial charge in [0, 0.05) is 23.3 Å². The first kappa shape index (κ1) is 18.8. The van der Waals surface area contributed by atoms with Crippen molar-refractivity contribution < 1.29 is 27.1 Å². The molecule has 3 rings (SSSR count). The number of alkyl halides is 3. The lowest BCUT2D eigenvalue weighted by atomic mass is 10.0. The molecule has 0 aliphatic heterocycles. The molecule has 0 fully saturated rings. The monoisotopic (exact) mass is 378 g/mol. The highest BCUT2D eigenvalue weighted by Gasteiger charge is 2.30. The van der Waals surface area contributed by atoms with Gasteiger partial charge in [0.05, 0.1) is 19.8 Å². The van der Waals surface area contributed by atoms with E-state index in [-0.39, 0.29) is 22.2 Å².